The Labute approximate surface area is 237 Å². The highest BCUT2D eigenvalue weighted by atomic mass is 16.6. The highest BCUT2D eigenvalue weighted by Crippen LogP contribution is 2.30. The molecule has 0 heterocycles. The number of benzene rings is 4. The zero-order valence-electron chi connectivity index (χ0n) is 22.7. The summed E-state index contributed by atoms with van der Waals surface area (Å²) in [6.45, 7) is 2.19. The highest BCUT2D eigenvalue weighted by molar-refractivity contribution is 5.24. The van der Waals surface area contributed by atoms with Gasteiger partial charge in [0.15, 0.2) is 0 Å². The molecule has 0 aliphatic heterocycles. The van der Waals surface area contributed by atoms with E-state index in [-0.39, 0.29) is 12.1 Å². The maximum absolute atomic E-state index is 6.75. The van der Waals surface area contributed by atoms with Gasteiger partial charge in [0.2, 0.25) is 0 Å². The summed E-state index contributed by atoms with van der Waals surface area (Å²) in [6, 6.07) is 40.2. The summed E-state index contributed by atoms with van der Waals surface area (Å²) in [5.74, 6) is 0. The Hall–Kier alpha value is -3.58. The third-order valence-electron chi connectivity index (χ3n) is 7.00. The van der Waals surface area contributed by atoms with Gasteiger partial charge in [-0.05, 0) is 27.8 Å². The minimum atomic E-state index is -0.428. The molecule has 5 heteroatoms. The summed E-state index contributed by atoms with van der Waals surface area (Å²) < 4.78 is 25.9. The monoisotopic (exact) mass is 535 g/mol. The average molecular weight is 536 g/mol. The van der Waals surface area contributed by atoms with Gasteiger partial charge in [0.1, 0.15) is 18.3 Å². The molecule has 0 spiro atoms. The molecule has 4 atom stereocenters. The lowest BCUT2D eigenvalue weighted by Crippen LogP contribution is -2.55. The summed E-state index contributed by atoms with van der Waals surface area (Å²) in [7, 11) is 0. The van der Waals surface area contributed by atoms with Crippen LogP contribution in [0.2, 0.25) is 0 Å². The number of hydrogen-bond acceptors (Lipinski definition) is 5. The summed E-state index contributed by atoms with van der Waals surface area (Å²) in [6.07, 6.45) is 0.824. The third kappa shape index (κ3) is 7.98. The Balaban J connectivity index is 1.38. The lowest BCUT2D eigenvalue weighted by Gasteiger charge is -2.40. The standard InChI is InChI=1S/C35H37NO4/c36-32-21-31(26-37-22-27-13-5-1-6-14-27)33(38-23-28-15-7-2-8-16-28)35(40-25-30-19-11-4-12-20-30)34(32)39-24-29-17-9-3-10-18-29/h1-21,32-35H,22-26,36H2/t32-,33+,34-,35-/m0/s1. The molecule has 0 unspecified atom stereocenters. The minimum absolute atomic E-state index is 0.378. The van der Waals surface area contributed by atoms with Crippen molar-refractivity contribution in [3.63, 3.8) is 0 Å². The van der Waals surface area contributed by atoms with E-state index in [1.165, 1.54) is 0 Å². The molecule has 0 saturated heterocycles. The van der Waals surface area contributed by atoms with Crippen LogP contribution in [-0.2, 0) is 45.4 Å². The quantitative estimate of drug-likeness (QED) is 0.206. The second-order valence-corrected chi connectivity index (χ2v) is 10.0. The van der Waals surface area contributed by atoms with E-state index in [9.17, 15) is 0 Å². The van der Waals surface area contributed by atoms with Crippen molar-refractivity contribution in [1.82, 2.24) is 0 Å². The first-order valence-corrected chi connectivity index (χ1v) is 13.8. The smallest absolute Gasteiger partial charge is 0.116 e. The van der Waals surface area contributed by atoms with Gasteiger partial charge in [-0.1, -0.05) is 127 Å². The van der Waals surface area contributed by atoms with Gasteiger partial charge in [-0.15, -0.1) is 0 Å². The van der Waals surface area contributed by atoms with Gasteiger partial charge in [0.05, 0.1) is 39.1 Å². The lowest BCUT2D eigenvalue weighted by molar-refractivity contribution is -0.151. The van der Waals surface area contributed by atoms with Crippen molar-refractivity contribution in [3.8, 4) is 0 Å². The highest BCUT2D eigenvalue weighted by Gasteiger charge is 2.41. The molecule has 0 saturated carbocycles. The summed E-state index contributed by atoms with van der Waals surface area (Å²) >= 11 is 0. The van der Waals surface area contributed by atoms with E-state index in [4.69, 9.17) is 24.7 Å². The molecule has 0 bridgehead atoms. The molecule has 40 heavy (non-hydrogen) atoms. The van der Waals surface area contributed by atoms with Crippen molar-refractivity contribution < 1.29 is 18.9 Å². The van der Waals surface area contributed by atoms with Crippen LogP contribution < -0.4 is 5.73 Å². The van der Waals surface area contributed by atoms with Crippen molar-refractivity contribution in [2.45, 2.75) is 50.8 Å². The van der Waals surface area contributed by atoms with Crippen molar-refractivity contribution >= 4 is 0 Å². The van der Waals surface area contributed by atoms with E-state index in [0.717, 1.165) is 27.8 Å². The zero-order valence-corrected chi connectivity index (χ0v) is 22.7. The third-order valence-corrected chi connectivity index (χ3v) is 7.00. The fourth-order valence-corrected chi connectivity index (χ4v) is 4.91. The van der Waals surface area contributed by atoms with Gasteiger partial charge in [-0.25, -0.2) is 0 Å². The van der Waals surface area contributed by atoms with Crippen LogP contribution in [0.15, 0.2) is 133 Å². The fourth-order valence-electron chi connectivity index (χ4n) is 4.91. The first-order chi connectivity index (χ1) is 19.8. The molecule has 5 rings (SSSR count). The average Bonchev–Trinajstić information content (AvgIpc) is 3.01. The summed E-state index contributed by atoms with van der Waals surface area (Å²) in [5, 5.41) is 0. The number of hydrogen-bond donors (Lipinski definition) is 1. The molecule has 4 aromatic rings. The predicted octanol–water partition coefficient (Wildman–Crippen LogP) is 6.23. The molecule has 0 aromatic heterocycles. The van der Waals surface area contributed by atoms with E-state index in [2.05, 4.69) is 48.5 Å². The van der Waals surface area contributed by atoms with Crippen LogP contribution in [0.5, 0.6) is 0 Å². The van der Waals surface area contributed by atoms with Crippen LogP contribution in [0.25, 0.3) is 0 Å². The van der Waals surface area contributed by atoms with Crippen LogP contribution in [0.4, 0.5) is 0 Å². The number of nitrogens with two attached hydrogens (primary N) is 1. The Morgan fingerprint density at radius 1 is 0.450 bits per heavy atom. The SMILES string of the molecule is N[C@H]1C=C(COCc2ccccc2)[C@@H](OCc2ccccc2)[C@H](OCc2ccccc2)[C@H]1OCc1ccccc1. The molecule has 4 aromatic carbocycles. The molecule has 1 aliphatic rings. The van der Waals surface area contributed by atoms with Gasteiger partial charge in [-0.3, -0.25) is 0 Å². The minimum Gasteiger partial charge on any atom is -0.372 e. The van der Waals surface area contributed by atoms with E-state index in [1.807, 2.05) is 78.9 Å². The zero-order chi connectivity index (χ0) is 27.4. The number of rotatable bonds is 13. The molecular weight excluding hydrogens is 498 g/mol. The maximum atomic E-state index is 6.75. The molecule has 1 aliphatic carbocycles. The Bertz CT molecular complexity index is 1300. The van der Waals surface area contributed by atoms with E-state index in [1.54, 1.807) is 0 Å². The van der Waals surface area contributed by atoms with Crippen LogP contribution in [0.3, 0.4) is 0 Å². The normalized spacial score (nSPS) is 20.7. The van der Waals surface area contributed by atoms with E-state index >= 15 is 0 Å². The van der Waals surface area contributed by atoms with Crippen molar-refractivity contribution in [1.29, 1.82) is 0 Å². The van der Waals surface area contributed by atoms with E-state index < -0.39 is 12.2 Å². The molecule has 5 nitrogen and oxygen atoms in total. The lowest BCUT2D eigenvalue weighted by atomic mass is 9.88. The molecule has 0 fully saturated rings. The Morgan fingerprint density at radius 3 is 1.32 bits per heavy atom. The van der Waals surface area contributed by atoms with Gasteiger partial charge < -0.3 is 24.7 Å². The first kappa shape index (κ1) is 28.0. The second-order valence-electron chi connectivity index (χ2n) is 10.0. The topological polar surface area (TPSA) is 62.9 Å². The van der Waals surface area contributed by atoms with Crippen molar-refractivity contribution in [2.75, 3.05) is 6.61 Å². The van der Waals surface area contributed by atoms with Gasteiger partial charge in [-0.2, -0.15) is 0 Å². The molecule has 0 radical (unpaired) electrons. The van der Waals surface area contributed by atoms with Crippen LogP contribution in [-0.4, -0.2) is 31.0 Å². The molecule has 0 amide bonds. The summed E-state index contributed by atoms with van der Waals surface area (Å²) in [4.78, 5) is 0. The van der Waals surface area contributed by atoms with Crippen molar-refractivity contribution in [2.24, 2.45) is 5.73 Å². The predicted molar refractivity (Wildman–Crippen MR) is 157 cm³/mol. The Kier molecular flexibility index (Phi) is 10.3. The van der Waals surface area contributed by atoms with Gasteiger partial charge >= 0.3 is 0 Å². The maximum Gasteiger partial charge on any atom is 0.116 e. The second kappa shape index (κ2) is 14.7. The molecular formula is C35H37NO4. The number of ether oxygens (including phenoxy) is 4. The first-order valence-electron chi connectivity index (χ1n) is 13.8. The fraction of sp³-hybridized carbons (Fsp3) is 0.257. The van der Waals surface area contributed by atoms with Crippen LogP contribution in [0.1, 0.15) is 22.3 Å². The van der Waals surface area contributed by atoms with Crippen LogP contribution >= 0.6 is 0 Å². The van der Waals surface area contributed by atoms with Gasteiger partial charge in [0.25, 0.3) is 0 Å². The van der Waals surface area contributed by atoms with Crippen molar-refractivity contribution in [3.05, 3.63) is 155 Å². The van der Waals surface area contributed by atoms with E-state index in [0.29, 0.717) is 33.0 Å². The Morgan fingerprint density at radius 2 is 0.850 bits per heavy atom. The summed E-state index contributed by atoms with van der Waals surface area (Å²) in [5.41, 5.74) is 12.1. The molecule has 2 N–H and O–H groups in total. The molecule has 206 valence electrons. The van der Waals surface area contributed by atoms with Crippen LogP contribution in [0, 0.1) is 0 Å². The largest absolute Gasteiger partial charge is 0.372 e. The van der Waals surface area contributed by atoms with Gasteiger partial charge in [0, 0.05) is 0 Å².